The third-order valence-electron chi connectivity index (χ3n) is 4.04. The largest absolute Gasteiger partial charge is 0.330 e. The average Bonchev–Trinajstić information content (AvgIpc) is 2.45. The van der Waals surface area contributed by atoms with Crippen LogP contribution in [0.1, 0.15) is 44.7 Å². The molecule has 0 spiro atoms. The molecule has 0 aromatic heterocycles. The van der Waals surface area contributed by atoms with Gasteiger partial charge in [-0.1, -0.05) is 57.9 Å². The summed E-state index contributed by atoms with van der Waals surface area (Å²) in [6, 6.07) is 8.72. The number of hydrogen-bond donors (Lipinski definition) is 1. The number of benzene rings is 1. The van der Waals surface area contributed by atoms with E-state index >= 15 is 0 Å². The molecule has 1 aromatic rings. The van der Waals surface area contributed by atoms with Crippen molar-refractivity contribution in [3.63, 3.8) is 0 Å². The Kier molecular flexibility index (Phi) is 7.76. The highest BCUT2D eigenvalue weighted by molar-refractivity contribution is 5.27. The number of nitrogens with zero attached hydrogens (tertiary/aromatic N) is 1. The molecule has 0 saturated carbocycles. The van der Waals surface area contributed by atoms with Gasteiger partial charge >= 0.3 is 0 Å². The molecule has 0 aliphatic carbocycles. The molecule has 0 saturated heterocycles. The summed E-state index contributed by atoms with van der Waals surface area (Å²) < 4.78 is 0. The van der Waals surface area contributed by atoms with Gasteiger partial charge in [0.15, 0.2) is 0 Å². The van der Waals surface area contributed by atoms with Gasteiger partial charge in [-0.25, -0.2) is 0 Å². The standard InChI is InChI=1S/C17H30N2/c1-4-15(5-2)13-19(6-3)14-17-10-8-7-9-16(17)11-12-18/h7-10,15H,4-6,11-14,18H2,1-3H3. The predicted molar refractivity (Wildman–Crippen MR) is 84.2 cm³/mol. The first kappa shape index (κ1) is 16.2. The Morgan fingerprint density at radius 2 is 1.68 bits per heavy atom. The SMILES string of the molecule is CCC(CC)CN(CC)Cc1ccccc1CCN. The van der Waals surface area contributed by atoms with Gasteiger partial charge in [-0.15, -0.1) is 0 Å². The summed E-state index contributed by atoms with van der Waals surface area (Å²) in [4.78, 5) is 2.56. The normalized spacial score (nSPS) is 11.5. The van der Waals surface area contributed by atoms with Crippen molar-refractivity contribution >= 4 is 0 Å². The molecule has 1 aromatic carbocycles. The Balaban J connectivity index is 2.69. The minimum atomic E-state index is 0.732. The third-order valence-corrected chi connectivity index (χ3v) is 4.04. The van der Waals surface area contributed by atoms with E-state index < -0.39 is 0 Å². The smallest absolute Gasteiger partial charge is 0.0236 e. The molecule has 0 bridgehead atoms. The van der Waals surface area contributed by atoms with Gasteiger partial charge in [-0.3, -0.25) is 4.90 Å². The zero-order chi connectivity index (χ0) is 14.1. The van der Waals surface area contributed by atoms with Gasteiger partial charge in [-0.2, -0.15) is 0 Å². The maximum absolute atomic E-state index is 5.70. The Labute approximate surface area is 119 Å². The molecule has 2 N–H and O–H groups in total. The highest BCUT2D eigenvalue weighted by atomic mass is 15.1. The van der Waals surface area contributed by atoms with Gasteiger partial charge in [0.2, 0.25) is 0 Å². The zero-order valence-electron chi connectivity index (χ0n) is 12.9. The van der Waals surface area contributed by atoms with E-state index in [4.69, 9.17) is 5.73 Å². The summed E-state index contributed by atoms with van der Waals surface area (Å²) in [5, 5.41) is 0. The number of hydrogen-bond acceptors (Lipinski definition) is 2. The van der Waals surface area contributed by atoms with Crippen LogP contribution >= 0.6 is 0 Å². The van der Waals surface area contributed by atoms with Crippen molar-refractivity contribution in [3.05, 3.63) is 35.4 Å². The van der Waals surface area contributed by atoms with E-state index in [1.807, 2.05) is 0 Å². The average molecular weight is 262 g/mol. The fourth-order valence-corrected chi connectivity index (χ4v) is 2.57. The first-order valence-electron chi connectivity index (χ1n) is 7.74. The lowest BCUT2D eigenvalue weighted by Gasteiger charge is -2.26. The highest BCUT2D eigenvalue weighted by Crippen LogP contribution is 2.15. The molecule has 0 aliphatic heterocycles. The molecule has 0 unspecified atom stereocenters. The first-order chi connectivity index (χ1) is 9.24. The summed E-state index contributed by atoms with van der Waals surface area (Å²) >= 11 is 0. The molecular weight excluding hydrogens is 232 g/mol. The van der Waals surface area contributed by atoms with Crippen LogP contribution in [0, 0.1) is 5.92 Å². The van der Waals surface area contributed by atoms with E-state index in [9.17, 15) is 0 Å². The minimum absolute atomic E-state index is 0.732. The lowest BCUT2D eigenvalue weighted by molar-refractivity contribution is 0.226. The van der Waals surface area contributed by atoms with E-state index in [1.54, 1.807) is 0 Å². The second-order valence-electron chi connectivity index (χ2n) is 5.32. The van der Waals surface area contributed by atoms with Crippen LogP contribution in [-0.4, -0.2) is 24.5 Å². The van der Waals surface area contributed by atoms with Gasteiger partial charge in [0.25, 0.3) is 0 Å². The Morgan fingerprint density at radius 1 is 1.05 bits per heavy atom. The molecule has 108 valence electrons. The third kappa shape index (κ3) is 5.33. The molecule has 2 heteroatoms. The van der Waals surface area contributed by atoms with Crippen molar-refractivity contribution in [2.24, 2.45) is 11.7 Å². The van der Waals surface area contributed by atoms with E-state index in [-0.39, 0.29) is 0 Å². The second kappa shape index (κ2) is 9.11. The Bertz CT molecular complexity index is 345. The molecule has 0 heterocycles. The van der Waals surface area contributed by atoms with Crippen molar-refractivity contribution in [3.8, 4) is 0 Å². The molecule has 2 nitrogen and oxygen atoms in total. The van der Waals surface area contributed by atoms with Crippen molar-refractivity contribution in [1.29, 1.82) is 0 Å². The topological polar surface area (TPSA) is 29.3 Å². The van der Waals surface area contributed by atoms with E-state index in [1.165, 1.54) is 30.5 Å². The second-order valence-corrected chi connectivity index (χ2v) is 5.32. The summed E-state index contributed by atoms with van der Waals surface area (Å²) in [7, 11) is 0. The van der Waals surface area contributed by atoms with Crippen molar-refractivity contribution in [2.75, 3.05) is 19.6 Å². The van der Waals surface area contributed by atoms with Crippen LogP contribution < -0.4 is 5.73 Å². The van der Waals surface area contributed by atoms with E-state index in [0.717, 1.165) is 32.0 Å². The Hall–Kier alpha value is -0.860. The molecule has 0 atom stereocenters. The molecule has 19 heavy (non-hydrogen) atoms. The van der Waals surface area contributed by atoms with Crippen LogP contribution in [0.3, 0.4) is 0 Å². The van der Waals surface area contributed by atoms with Crippen LogP contribution in [0.4, 0.5) is 0 Å². The summed E-state index contributed by atoms with van der Waals surface area (Å²) in [5.74, 6) is 0.821. The van der Waals surface area contributed by atoms with E-state index in [2.05, 4.69) is 49.9 Å². The molecular formula is C17H30N2. The highest BCUT2D eigenvalue weighted by Gasteiger charge is 2.11. The van der Waals surface area contributed by atoms with Crippen LogP contribution in [0.5, 0.6) is 0 Å². The molecule has 0 fully saturated rings. The quantitative estimate of drug-likeness (QED) is 0.738. The van der Waals surface area contributed by atoms with Gasteiger partial charge in [0.1, 0.15) is 0 Å². The van der Waals surface area contributed by atoms with E-state index in [0.29, 0.717) is 0 Å². The summed E-state index contributed by atoms with van der Waals surface area (Å²) in [6.45, 7) is 11.0. The Morgan fingerprint density at radius 3 is 2.21 bits per heavy atom. The maximum atomic E-state index is 5.70. The van der Waals surface area contributed by atoms with Gasteiger partial charge in [0.05, 0.1) is 0 Å². The molecule has 0 amide bonds. The molecule has 1 rings (SSSR count). The number of nitrogens with two attached hydrogens (primary N) is 1. The van der Waals surface area contributed by atoms with Crippen LogP contribution in [-0.2, 0) is 13.0 Å². The van der Waals surface area contributed by atoms with Gasteiger partial charge < -0.3 is 5.73 Å². The fraction of sp³-hybridized carbons (Fsp3) is 0.647. The van der Waals surface area contributed by atoms with Crippen LogP contribution in [0.2, 0.25) is 0 Å². The molecule has 0 radical (unpaired) electrons. The van der Waals surface area contributed by atoms with Crippen molar-refractivity contribution in [2.45, 2.75) is 46.6 Å². The van der Waals surface area contributed by atoms with Crippen LogP contribution in [0.25, 0.3) is 0 Å². The van der Waals surface area contributed by atoms with Gasteiger partial charge in [-0.05, 0) is 36.6 Å². The lowest BCUT2D eigenvalue weighted by atomic mass is 10.0. The summed E-state index contributed by atoms with van der Waals surface area (Å²) in [5.41, 5.74) is 8.56. The zero-order valence-corrected chi connectivity index (χ0v) is 12.9. The van der Waals surface area contributed by atoms with Gasteiger partial charge in [0, 0.05) is 13.1 Å². The molecule has 0 aliphatic rings. The number of rotatable bonds is 9. The van der Waals surface area contributed by atoms with Crippen LogP contribution in [0.15, 0.2) is 24.3 Å². The van der Waals surface area contributed by atoms with Crippen molar-refractivity contribution in [1.82, 2.24) is 4.90 Å². The predicted octanol–water partition coefficient (Wildman–Crippen LogP) is 3.45. The monoisotopic (exact) mass is 262 g/mol. The minimum Gasteiger partial charge on any atom is -0.330 e. The fourth-order valence-electron chi connectivity index (χ4n) is 2.57. The first-order valence-corrected chi connectivity index (χ1v) is 7.74. The lowest BCUT2D eigenvalue weighted by Crippen LogP contribution is -2.29. The van der Waals surface area contributed by atoms with Crippen molar-refractivity contribution < 1.29 is 0 Å². The maximum Gasteiger partial charge on any atom is 0.0236 e. The summed E-state index contributed by atoms with van der Waals surface area (Å²) in [6.07, 6.45) is 3.54.